The number of benzene rings is 2. The smallest absolute Gasteiger partial charge is 0.406 e. The Hall–Kier alpha value is -1.89. The average Bonchev–Trinajstić information content (AvgIpc) is 2.37. The van der Waals surface area contributed by atoms with E-state index in [0.717, 1.165) is 24.3 Å². The second kappa shape index (κ2) is 5.72. The predicted octanol–water partition coefficient (Wildman–Crippen LogP) is 5.92. The molecular formula is C14H7ClF6O. The fraction of sp³-hybridized carbons (Fsp3) is 0.143. The SMILES string of the molecule is FC(F)(F)Oc1ccc(-c2ccc(Cl)c(C(F)(F)F)c2)cc1. The summed E-state index contributed by atoms with van der Waals surface area (Å²) < 4.78 is 78.1. The predicted molar refractivity (Wildman–Crippen MR) is 68.6 cm³/mol. The lowest BCUT2D eigenvalue weighted by atomic mass is 10.0. The first-order chi connectivity index (χ1) is 10.1. The summed E-state index contributed by atoms with van der Waals surface area (Å²) in [5.74, 6) is -0.457. The van der Waals surface area contributed by atoms with Gasteiger partial charge in [0.1, 0.15) is 5.75 Å². The lowest BCUT2D eigenvalue weighted by Gasteiger charge is -2.12. The van der Waals surface area contributed by atoms with Gasteiger partial charge < -0.3 is 4.74 Å². The van der Waals surface area contributed by atoms with E-state index >= 15 is 0 Å². The Labute approximate surface area is 126 Å². The number of ether oxygens (including phenoxy) is 1. The highest BCUT2D eigenvalue weighted by molar-refractivity contribution is 6.31. The van der Waals surface area contributed by atoms with Crippen molar-refractivity contribution in [1.29, 1.82) is 0 Å². The molecule has 0 aromatic heterocycles. The molecule has 0 N–H and O–H groups in total. The van der Waals surface area contributed by atoms with E-state index in [4.69, 9.17) is 11.6 Å². The largest absolute Gasteiger partial charge is 0.573 e. The molecule has 0 amide bonds. The van der Waals surface area contributed by atoms with Crippen LogP contribution in [-0.4, -0.2) is 6.36 Å². The molecule has 0 aliphatic carbocycles. The van der Waals surface area contributed by atoms with E-state index in [1.54, 1.807) is 0 Å². The number of halogens is 7. The first kappa shape index (κ1) is 16.5. The molecule has 2 rings (SSSR count). The first-order valence-corrected chi connectivity index (χ1v) is 6.17. The summed E-state index contributed by atoms with van der Waals surface area (Å²) in [6, 6.07) is 7.75. The molecule has 0 saturated carbocycles. The maximum atomic E-state index is 12.8. The van der Waals surface area contributed by atoms with E-state index in [1.165, 1.54) is 18.2 Å². The van der Waals surface area contributed by atoms with Gasteiger partial charge in [0.2, 0.25) is 0 Å². The average molecular weight is 341 g/mol. The summed E-state index contributed by atoms with van der Waals surface area (Å²) >= 11 is 5.50. The standard InChI is InChI=1S/C14H7ClF6O/c15-12-6-3-9(7-11(12)13(16,17)18)8-1-4-10(5-2-8)22-14(19,20)21/h1-7H. The second-order valence-corrected chi connectivity index (χ2v) is 4.67. The van der Waals surface area contributed by atoms with Gasteiger partial charge in [0.15, 0.2) is 0 Å². The lowest BCUT2D eigenvalue weighted by molar-refractivity contribution is -0.274. The Kier molecular flexibility index (Phi) is 4.28. The molecule has 0 saturated heterocycles. The molecule has 8 heteroatoms. The normalized spacial score (nSPS) is 12.3. The maximum absolute atomic E-state index is 12.8. The van der Waals surface area contributed by atoms with E-state index in [1.807, 2.05) is 0 Å². The fourth-order valence-electron chi connectivity index (χ4n) is 1.77. The molecule has 118 valence electrons. The second-order valence-electron chi connectivity index (χ2n) is 4.26. The van der Waals surface area contributed by atoms with E-state index in [0.29, 0.717) is 5.56 Å². The van der Waals surface area contributed by atoms with Crippen LogP contribution in [0.5, 0.6) is 5.75 Å². The molecule has 0 heterocycles. The summed E-state index contributed by atoms with van der Waals surface area (Å²) in [5, 5.41) is -0.451. The Morgan fingerprint density at radius 1 is 0.773 bits per heavy atom. The molecular weight excluding hydrogens is 334 g/mol. The Morgan fingerprint density at radius 2 is 1.32 bits per heavy atom. The van der Waals surface area contributed by atoms with Crippen molar-refractivity contribution in [3.05, 3.63) is 53.1 Å². The number of rotatable bonds is 2. The highest BCUT2D eigenvalue weighted by Crippen LogP contribution is 2.37. The molecule has 0 radical (unpaired) electrons. The number of hydrogen-bond donors (Lipinski definition) is 0. The third kappa shape index (κ3) is 4.07. The molecule has 2 aromatic rings. The van der Waals surface area contributed by atoms with Crippen molar-refractivity contribution in [1.82, 2.24) is 0 Å². The van der Waals surface area contributed by atoms with Crippen molar-refractivity contribution in [2.45, 2.75) is 12.5 Å². The minimum absolute atomic E-state index is 0.176. The summed E-state index contributed by atoms with van der Waals surface area (Å²) in [5.41, 5.74) is -0.533. The van der Waals surface area contributed by atoms with Crippen LogP contribution in [0.4, 0.5) is 26.3 Å². The van der Waals surface area contributed by atoms with Crippen molar-refractivity contribution < 1.29 is 31.1 Å². The molecule has 22 heavy (non-hydrogen) atoms. The van der Waals surface area contributed by atoms with Gasteiger partial charge >= 0.3 is 12.5 Å². The van der Waals surface area contributed by atoms with Gasteiger partial charge in [-0.05, 0) is 35.4 Å². The monoisotopic (exact) mass is 340 g/mol. The highest BCUT2D eigenvalue weighted by Gasteiger charge is 2.33. The van der Waals surface area contributed by atoms with E-state index in [9.17, 15) is 26.3 Å². The van der Waals surface area contributed by atoms with Crippen molar-refractivity contribution in [3.63, 3.8) is 0 Å². The minimum atomic E-state index is -4.83. The van der Waals surface area contributed by atoms with Crippen LogP contribution in [0.2, 0.25) is 5.02 Å². The van der Waals surface area contributed by atoms with Crippen LogP contribution >= 0.6 is 11.6 Å². The van der Waals surface area contributed by atoms with Crippen LogP contribution in [0.25, 0.3) is 11.1 Å². The molecule has 2 aromatic carbocycles. The summed E-state index contributed by atoms with van der Waals surface area (Å²) in [4.78, 5) is 0. The van der Waals surface area contributed by atoms with Gasteiger partial charge in [0.25, 0.3) is 0 Å². The van der Waals surface area contributed by atoms with Crippen molar-refractivity contribution in [2.24, 2.45) is 0 Å². The molecule has 0 aliphatic rings. The van der Waals surface area contributed by atoms with Crippen molar-refractivity contribution in [2.75, 3.05) is 0 Å². The Bertz CT molecular complexity index is 661. The van der Waals surface area contributed by atoms with Gasteiger partial charge in [0, 0.05) is 0 Å². The van der Waals surface area contributed by atoms with Crippen LogP contribution in [-0.2, 0) is 6.18 Å². The lowest BCUT2D eigenvalue weighted by Crippen LogP contribution is -2.16. The molecule has 0 bridgehead atoms. The van der Waals surface area contributed by atoms with E-state index < -0.39 is 28.9 Å². The topological polar surface area (TPSA) is 9.23 Å². The van der Waals surface area contributed by atoms with Crippen LogP contribution in [0.3, 0.4) is 0 Å². The van der Waals surface area contributed by atoms with Crippen molar-refractivity contribution in [3.8, 4) is 16.9 Å². The Morgan fingerprint density at radius 3 is 1.82 bits per heavy atom. The van der Waals surface area contributed by atoms with Crippen LogP contribution in [0.1, 0.15) is 5.56 Å². The maximum Gasteiger partial charge on any atom is 0.573 e. The number of hydrogen-bond acceptors (Lipinski definition) is 1. The van der Waals surface area contributed by atoms with Gasteiger partial charge in [0.05, 0.1) is 10.6 Å². The van der Waals surface area contributed by atoms with Crippen molar-refractivity contribution >= 4 is 11.6 Å². The van der Waals surface area contributed by atoms with Crippen LogP contribution in [0, 0.1) is 0 Å². The van der Waals surface area contributed by atoms with Gasteiger partial charge in [-0.2, -0.15) is 13.2 Å². The quantitative estimate of drug-likeness (QED) is 0.616. The molecule has 0 fully saturated rings. The van der Waals surface area contributed by atoms with Crippen LogP contribution in [0.15, 0.2) is 42.5 Å². The zero-order valence-electron chi connectivity index (χ0n) is 10.6. The summed E-state index contributed by atoms with van der Waals surface area (Å²) in [6.07, 6.45) is -9.45. The van der Waals surface area contributed by atoms with Gasteiger partial charge in [-0.3, -0.25) is 0 Å². The number of alkyl halides is 6. The van der Waals surface area contributed by atoms with Gasteiger partial charge in [-0.25, -0.2) is 0 Å². The van der Waals surface area contributed by atoms with E-state index in [2.05, 4.69) is 4.74 Å². The first-order valence-electron chi connectivity index (χ1n) is 5.79. The van der Waals surface area contributed by atoms with Gasteiger partial charge in [-0.15, -0.1) is 13.2 Å². The van der Waals surface area contributed by atoms with E-state index in [-0.39, 0.29) is 5.56 Å². The molecule has 0 spiro atoms. The highest BCUT2D eigenvalue weighted by atomic mass is 35.5. The zero-order valence-corrected chi connectivity index (χ0v) is 11.4. The Balaban J connectivity index is 2.33. The minimum Gasteiger partial charge on any atom is -0.406 e. The van der Waals surface area contributed by atoms with Gasteiger partial charge in [-0.1, -0.05) is 29.8 Å². The summed E-state index contributed by atoms with van der Waals surface area (Å²) in [7, 11) is 0. The zero-order chi connectivity index (χ0) is 16.5. The molecule has 0 atom stereocenters. The fourth-order valence-corrected chi connectivity index (χ4v) is 2.00. The molecule has 0 unspecified atom stereocenters. The molecule has 1 nitrogen and oxygen atoms in total. The third-order valence-corrected chi connectivity index (χ3v) is 3.02. The van der Waals surface area contributed by atoms with Crippen LogP contribution < -0.4 is 4.74 Å². The molecule has 0 aliphatic heterocycles. The summed E-state index contributed by atoms with van der Waals surface area (Å²) in [6.45, 7) is 0. The third-order valence-electron chi connectivity index (χ3n) is 2.69.